The van der Waals surface area contributed by atoms with Gasteiger partial charge in [-0.1, -0.05) is 6.08 Å². The summed E-state index contributed by atoms with van der Waals surface area (Å²) in [6.07, 6.45) is 7.59. The molecule has 2 unspecified atom stereocenters. The average Bonchev–Trinajstić information content (AvgIpc) is 3.09. The molecular weight excluding hydrogens is 279 g/mol. The molecule has 0 radical (unpaired) electrons. The van der Waals surface area contributed by atoms with E-state index in [2.05, 4.69) is 9.88 Å². The topological polar surface area (TPSA) is 34.0 Å². The Balaban J connectivity index is 1.83. The maximum atomic E-state index is 13.2. The molecule has 2 aliphatic rings. The lowest BCUT2D eigenvalue weighted by Gasteiger charge is -2.15. The van der Waals surface area contributed by atoms with Gasteiger partial charge in [0.05, 0.1) is 0 Å². The first kappa shape index (κ1) is 15.2. The maximum absolute atomic E-state index is 13.2. The highest BCUT2D eigenvalue weighted by Gasteiger charge is 2.22. The van der Waals surface area contributed by atoms with E-state index in [4.69, 9.17) is 0 Å². The minimum atomic E-state index is -0.894. The number of rotatable bonds is 4. The van der Waals surface area contributed by atoms with Gasteiger partial charge in [0, 0.05) is 41.5 Å². The third kappa shape index (κ3) is 2.93. The lowest BCUT2D eigenvalue weighted by atomic mass is 10.0. The van der Waals surface area contributed by atoms with Gasteiger partial charge in [-0.3, -0.25) is 4.79 Å². The van der Waals surface area contributed by atoms with E-state index in [0.29, 0.717) is 18.9 Å². The Kier molecular flexibility index (Phi) is 4.30. The number of halogens is 1. The fourth-order valence-corrected chi connectivity index (χ4v) is 3.46. The molecule has 0 spiro atoms. The number of alkyl halides is 1. The van der Waals surface area contributed by atoms with Crippen LogP contribution in [0, 0.1) is 13.8 Å². The molecule has 1 aliphatic heterocycles. The molecule has 1 fully saturated rings. The Hall–Kier alpha value is -1.68. The molecule has 0 saturated carbocycles. The van der Waals surface area contributed by atoms with E-state index < -0.39 is 6.17 Å². The van der Waals surface area contributed by atoms with Crippen molar-refractivity contribution in [3.05, 3.63) is 41.2 Å². The van der Waals surface area contributed by atoms with Gasteiger partial charge in [0.15, 0.2) is 5.78 Å². The van der Waals surface area contributed by atoms with E-state index in [0.717, 1.165) is 42.0 Å². The van der Waals surface area contributed by atoms with Crippen molar-refractivity contribution in [2.75, 3.05) is 6.54 Å². The molecule has 3 rings (SSSR count). The molecule has 0 aromatic carbocycles. The van der Waals surface area contributed by atoms with Gasteiger partial charge in [-0.25, -0.2) is 4.39 Å². The summed E-state index contributed by atoms with van der Waals surface area (Å²) >= 11 is 0. The van der Waals surface area contributed by atoms with Gasteiger partial charge in [-0.05, 0) is 51.5 Å². The van der Waals surface area contributed by atoms with Crippen LogP contribution in [0.1, 0.15) is 47.4 Å². The second kappa shape index (κ2) is 6.21. The van der Waals surface area contributed by atoms with Crippen LogP contribution in [0.25, 0.3) is 5.70 Å². The zero-order chi connectivity index (χ0) is 15.7. The van der Waals surface area contributed by atoms with E-state index in [-0.39, 0.29) is 5.78 Å². The first-order valence-electron chi connectivity index (χ1n) is 8.04. The molecular formula is C18H23FN2O. The molecule has 2 heterocycles. The van der Waals surface area contributed by atoms with E-state index in [1.165, 1.54) is 0 Å². The summed E-state index contributed by atoms with van der Waals surface area (Å²) in [5, 5.41) is 3.37. The number of nitrogens with one attached hydrogen (secondary N) is 1. The predicted molar refractivity (Wildman–Crippen MR) is 86.8 cm³/mol. The molecule has 0 bridgehead atoms. The zero-order valence-electron chi connectivity index (χ0n) is 13.2. The van der Waals surface area contributed by atoms with Crippen LogP contribution in [0.4, 0.5) is 4.39 Å². The third-order valence-electron chi connectivity index (χ3n) is 4.61. The highest BCUT2D eigenvalue weighted by Crippen LogP contribution is 2.26. The summed E-state index contributed by atoms with van der Waals surface area (Å²) in [5.74, 6) is 0.197. The van der Waals surface area contributed by atoms with E-state index >= 15 is 0 Å². The highest BCUT2D eigenvalue weighted by molar-refractivity contribution is 5.98. The molecule has 0 amide bonds. The van der Waals surface area contributed by atoms with Crippen molar-refractivity contribution in [1.29, 1.82) is 0 Å². The number of Topliss-reactive ketones (excluding diaryl/α,β-unsaturated/α-hetero) is 1. The highest BCUT2D eigenvalue weighted by atomic mass is 19.1. The Bertz CT molecular complexity index is 636. The summed E-state index contributed by atoms with van der Waals surface area (Å²) in [7, 11) is 0. The van der Waals surface area contributed by atoms with Crippen molar-refractivity contribution >= 4 is 11.5 Å². The van der Waals surface area contributed by atoms with Gasteiger partial charge in [0.2, 0.25) is 0 Å². The predicted octanol–water partition coefficient (Wildman–Crippen LogP) is 3.57. The van der Waals surface area contributed by atoms with Crippen molar-refractivity contribution < 1.29 is 9.18 Å². The lowest BCUT2D eigenvalue weighted by Crippen LogP contribution is -2.24. The largest absolute Gasteiger partial charge is 0.318 e. The maximum Gasteiger partial charge on any atom is 0.166 e. The molecule has 2 atom stereocenters. The molecule has 1 aromatic rings. The minimum Gasteiger partial charge on any atom is -0.318 e. The SMILES string of the molecule is Cc1cc(C(=O)CC2CCCN2)c(C)n1C1=CCC(F)C=C1. The van der Waals surface area contributed by atoms with Gasteiger partial charge >= 0.3 is 0 Å². The monoisotopic (exact) mass is 302 g/mol. The number of nitrogens with zero attached hydrogens (tertiary/aromatic N) is 1. The van der Waals surface area contributed by atoms with Crippen LogP contribution in [0.15, 0.2) is 24.3 Å². The summed E-state index contributed by atoms with van der Waals surface area (Å²) in [6, 6.07) is 2.28. The Morgan fingerprint density at radius 2 is 2.27 bits per heavy atom. The van der Waals surface area contributed by atoms with Crippen molar-refractivity contribution in [1.82, 2.24) is 9.88 Å². The van der Waals surface area contributed by atoms with Gasteiger partial charge < -0.3 is 9.88 Å². The normalized spacial score (nSPS) is 24.6. The number of aryl methyl sites for hydroxylation is 1. The first-order valence-corrected chi connectivity index (χ1v) is 8.04. The molecule has 1 aromatic heterocycles. The second-order valence-electron chi connectivity index (χ2n) is 6.28. The van der Waals surface area contributed by atoms with E-state index in [1.807, 2.05) is 26.0 Å². The van der Waals surface area contributed by atoms with Crippen molar-refractivity contribution in [3.8, 4) is 0 Å². The number of hydrogen-bond donors (Lipinski definition) is 1. The second-order valence-corrected chi connectivity index (χ2v) is 6.28. The van der Waals surface area contributed by atoms with Crippen LogP contribution in [-0.4, -0.2) is 29.1 Å². The molecule has 1 N–H and O–H groups in total. The van der Waals surface area contributed by atoms with E-state index in [1.54, 1.807) is 12.2 Å². The van der Waals surface area contributed by atoms with Crippen LogP contribution in [0.2, 0.25) is 0 Å². The number of allylic oxidation sites excluding steroid dienone is 4. The quantitative estimate of drug-likeness (QED) is 0.863. The molecule has 4 heteroatoms. The number of aromatic nitrogens is 1. The average molecular weight is 302 g/mol. The Morgan fingerprint density at radius 1 is 1.45 bits per heavy atom. The third-order valence-corrected chi connectivity index (χ3v) is 4.61. The van der Waals surface area contributed by atoms with Crippen LogP contribution in [0.3, 0.4) is 0 Å². The standard InChI is InChI=1S/C18H23FN2O/c1-12-10-17(18(22)11-15-4-3-9-20-15)13(2)21(12)16-7-5-14(19)6-8-16/h5,7-8,10,14-15,20H,3-4,6,9,11H2,1-2H3. The van der Waals surface area contributed by atoms with Gasteiger partial charge in [0.1, 0.15) is 6.17 Å². The first-order chi connectivity index (χ1) is 10.6. The lowest BCUT2D eigenvalue weighted by molar-refractivity contribution is 0.0971. The van der Waals surface area contributed by atoms with Crippen LogP contribution >= 0.6 is 0 Å². The molecule has 22 heavy (non-hydrogen) atoms. The zero-order valence-corrected chi connectivity index (χ0v) is 13.2. The minimum absolute atomic E-state index is 0.197. The molecule has 1 aliphatic carbocycles. The number of ketones is 1. The fraction of sp³-hybridized carbons (Fsp3) is 0.500. The number of hydrogen-bond acceptors (Lipinski definition) is 2. The van der Waals surface area contributed by atoms with Crippen LogP contribution in [-0.2, 0) is 0 Å². The summed E-state index contributed by atoms with van der Waals surface area (Å²) in [6.45, 7) is 4.98. The van der Waals surface area contributed by atoms with Crippen molar-refractivity contribution in [2.45, 2.75) is 51.7 Å². The Labute approximate surface area is 130 Å². The van der Waals surface area contributed by atoms with Gasteiger partial charge in [-0.2, -0.15) is 0 Å². The van der Waals surface area contributed by atoms with Gasteiger partial charge in [-0.15, -0.1) is 0 Å². The summed E-state index contributed by atoms with van der Waals surface area (Å²) in [4.78, 5) is 12.6. The summed E-state index contributed by atoms with van der Waals surface area (Å²) in [5.41, 5.74) is 3.73. The van der Waals surface area contributed by atoms with Crippen molar-refractivity contribution in [3.63, 3.8) is 0 Å². The summed E-state index contributed by atoms with van der Waals surface area (Å²) < 4.78 is 15.3. The smallest absolute Gasteiger partial charge is 0.166 e. The number of carbonyl (C=O) groups is 1. The van der Waals surface area contributed by atoms with Crippen molar-refractivity contribution in [2.24, 2.45) is 0 Å². The molecule has 118 valence electrons. The van der Waals surface area contributed by atoms with E-state index in [9.17, 15) is 9.18 Å². The van der Waals surface area contributed by atoms with Crippen LogP contribution in [0.5, 0.6) is 0 Å². The van der Waals surface area contributed by atoms with Crippen LogP contribution < -0.4 is 5.32 Å². The number of carbonyl (C=O) groups excluding carboxylic acids is 1. The molecule has 1 saturated heterocycles. The molecule has 3 nitrogen and oxygen atoms in total. The Morgan fingerprint density at radius 3 is 2.91 bits per heavy atom. The fourth-order valence-electron chi connectivity index (χ4n) is 3.46. The van der Waals surface area contributed by atoms with Gasteiger partial charge in [0.25, 0.3) is 0 Å².